The van der Waals surface area contributed by atoms with E-state index < -0.39 is 0 Å². The molecule has 28 heavy (non-hydrogen) atoms. The summed E-state index contributed by atoms with van der Waals surface area (Å²) in [5.41, 5.74) is 1.32. The van der Waals surface area contributed by atoms with Crippen molar-refractivity contribution in [2.24, 2.45) is 5.92 Å². The summed E-state index contributed by atoms with van der Waals surface area (Å²) in [6.45, 7) is 5.59. The number of aromatic nitrogens is 2. The molecule has 3 heterocycles. The second-order valence-corrected chi connectivity index (χ2v) is 8.66. The van der Waals surface area contributed by atoms with Gasteiger partial charge in [0.15, 0.2) is 0 Å². The zero-order valence-corrected chi connectivity index (χ0v) is 16.8. The Morgan fingerprint density at radius 3 is 2.61 bits per heavy atom. The molecule has 4 rings (SSSR count). The quantitative estimate of drug-likeness (QED) is 0.673. The Morgan fingerprint density at radius 2 is 1.93 bits per heavy atom. The van der Waals surface area contributed by atoms with Crippen LogP contribution >= 0.6 is 11.3 Å². The van der Waals surface area contributed by atoms with E-state index in [1.807, 2.05) is 11.8 Å². The van der Waals surface area contributed by atoms with Gasteiger partial charge in [-0.2, -0.15) is 0 Å². The Balaban J connectivity index is 1.70. The zero-order chi connectivity index (χ0) is 19.8. The van der Waals surface area contributed by atoms with Crippen LogP contribution in [0.25, 0.3) is 21.3 Å². The predicted molar refractivity (Wildman–Crippen MR) is 109 cm³/mol. The summed E-state index contributed by atoms with van der Waals surface area (Å²) in [5, 5.41) is 0.497. The number of nitrogens with zero attached hydrogens (tertiary/aromatic N) is 3. The molecule has 146 valence electrons. The van der Waals surface area contributed by atoms with Crippen molar-refractivity contribution in [1.29, 1.82) is 0 Å². The number of benzene rings is 1. The van der Waals surface area contributed by atoms with Gasteiger partial charge in [0.05, 0.1) is 11.7 Å². The van der Waals surface area contributed by atoms with Crippen LogP contribution in [-0.4, -0.2) is 33.4 Å². The number of piperidine rings is 1. The number of aryl methyl sites for hydroxylation is 1. The fourth-order valence-electron chi connectivity index (χ4n) is 3.72. The van der Waals surface area contributed by atoms with Crippen LogP contribution in [0.3, 0.4) is 0 Å². The first kappa shape index (κ1) is 18.8. The van der Waals surface area contributed by atoms with Crippen molar-refractivity contribution in [3.8, 4) is 11.1 Å². The first-order valence-corrected chi connectivity index (χ1v) is 10.3. The largest absolute Gasteiger partial charge is 0.341 e. The maximum Gasteiger partial charge on any atom is 0.263 e. The Kier molecular flexibility index (Phi) is 5.02. The van der Waals surface area contributed by atoms with Gasteiger partial charge in [0, 0.05) is 23.5 Å². The van der Waals surface area contributed by atoms with E-state index in [-0.39, 0.29) is 23.8 Å². The molecule has 0 saturated carbocycles. The molecule has 1 aliphatic rings. The number of amides is 1. The molecule has 0 spiro atoms. The number of hydrogen-bond acceptors (Lipinski definition) is 4. The van der Waals surface area contributed by atoms with Gasteiger partial charge in [-0.25, -0.2) is 9.37 Å². The van der Waals surface area contributed by atoms with Crippen LogP contribution in [-0.2, 0) is 11.3 Å². The van der Waals surface area contributed by atoms with E-state index in [1.165, 1.54) is 34.4 Å². The number of thiophene rings is 1. The van der Waals surface area contributed by atoms with E-state index in [2.05, 4.69) is 11.9 Å². The smallest absolute Gasteiger partial charge is 0.263 e. The highest BCUT2D eigenvalue weighted by atomic mass is 32.1. The average Bonchev–Trinajstić information content (AvgIpc) is 3.02. The lowest BCUT2D eigenvalue weighted by atomic mass is 9.99. The SMILES string of the molecule is Cc1sc2ncn(CC(=O)N3CCC(C)CC3)c(=O)c2c1-c1ccc(F)cc1. The molecular weight excluding hydrogens is 377 g/mol. The summed E-state index contributed by atoms with van der Waals surface area (Å²) >= 11 is 1.43. The Morgan fingerprint density at radius 1 is 1.25 bits per heavy atom. The van der Waals surface area contributed by atoms with Crippen LogP contribution in [0.4, 0.5) is 4.39 Å². The lowest BCUT2D eigenvalue weighted by Crippen LogP contribution is -2.41. The van der Waals surface area contributed by atoms with Gasteiger partial charge in [0.1, 0.15) is 17.2 Å². The molecule has 5 nitrogen and oxygen atoms in total. The van der Waals surface area contributed by atoms with Gasteiger partial charge in [0.25, 0.3) is 5.56 Å². The van der Waals surface area contributed by atoms with Crippen LogP contribution in [0, 0.1) is 18.7 Å². The first-order valence-electron chi connectivity index (χ1n) is 9.46. The Labute approximate surface area is 166 Å². The number of carbonyl (C=O) groups excluding carboxylic acids is 1. The average molecular weight is 399 g/mol. The molecule has 0 atom stereocenters. The molecule has 1 fully saturated rings. The number of halogens is 1. The van der Waals surface area contributed by atoms with Crippen LogP contribution in [0.2, 0.25) is 0 Å². The molecule has 1 aromatic carbocycles. The summed E-state index contributed by atoms with van der Waals surface area (Å²) in [6.07, 6.45) is 3.45. The maximum absolute atomic E-state index is 13.3. The number of carbonyl (C=O) groups is 1. The van der Waals surface area contributed by atoms with Gasteiger partial charge >= 0.3 is 0 Å². The highest BCUT2D eigenvalue weighted by Gasteiger charge is 2.22. The molecular formula is C21H22FN3O2S. The van der Waals surface area contributed by atoms with Crippen molar-refractivity contribution in [3.63, 3.8) is 0 Å². The molecule has 3 aromatic rings. The number of rotatable bonds is 3. The van der Waals surface area contributed by atoms with Crippen molar-refractivity contribution in [2.45, 2.75) is 33.2 Å². The number of hydrogen-bond donors (Lipinski definition) is 0. The van der Waals surface area contributed by atoms with Gasteiger partial charge in [0.2, 0.25) is 5.91 Å². The van der Waals surface area contributed by atoms with Crippen molar-refractivity contribution in [2.75, 3.05) is 13.1 Å². The van der Waals surface area contributed by atoms with Crippen LogP contribution in [0.5, 0.6) is 0 Å². The van der Waals surface area contributed by atoms with Gasteiger partial charge in [-0.1, -0.05) is 19.1 Å². The molecule has 1 amide bonds. The second kappa shape index (κ2) is 7.47. The molecule has 1 aliphatic heterocycles. The minimum absolute atomic E-state index is 0.00605. The zero-order valence-electron chi connectivity index (χ0n) is 15.9. The number of fused-ring (bicyclic) bond motifs is 1. The lowest BCUT2D eigenvalue weighted by Gasteiger charge is -2.30. The van der Waals surface area contributed by atoms with E-state index in [4.69, 9.17) is 0 Å². The normalized spacial score (nSPS) is 15.3. The summed E-state index contributed by atoms with van der Waals surface area (Å²) < 4.78 is 14.7. The summed E-state index contributed by atoms with van der Waals surface area (Å²) in [7, 11) is 0. The topological polar surface area (TPSA) is 55.2 Å². The molecule has 2 aromatic heterocycles. The third-order valence-electron chi connectivity index (χ3n) is 5.43. The fraction of sp³-hybridized carbons (Fsp3) is 0.381. The molecule has 1 saturated heterocycles. The molecule has 0 bridgehead atoms. The first-order chi connectivity index (χ1) is 13.4. The third-order valence-corrected chi connectivity index (χ3v) is 6.44. The highest BCUT2D eigenvalue weighted by molar-refractivity contribution is 7.19. The standard InChI is InChI=1S/C21H22FN3O2S/c1-13-7-9-24(10-8-13)17(26)11-25-12-23-20-19(21(25)27)18(14(2)28-20)15-3-5-16(22)6-4-15/h3-6,12-13H,7-11H2,1-2H3. The van der Waals surface area contributed by atoms with Gasteiger partial charge < -0.3 is 4.90 Å². The molecule has 0 aliphatic carbocycles. The molecule has 0 radical (unpaired) electrons. The van der Waals surface area contributed by atoms with Crippen LogP contribution < -0.4 is 5.56 Å². The molecule has 0 unspecified atom stereocenters. The lowest BCUT2D eigenvalue weighted by molar-refractivity contribution is -0.133. The van der Waals surface area contributed by atoms with Crippen molar-refractivity contribution in [1.82, 2.24) is 14.5 Å². The summed E-state index contributed by atoms with van der Waals surface area (Å²) in [6, 6.07) is 6.10. The summed E-state index contributed by atoms with van der Waals surface area (Å²) in [5.74, 6) is 0.264. The van der Waals surface area contributed by atoms with Gasteiger partial charge in [-0.15, -0.1) is 11.3 Å². The minimum atomic E-state index is -0.321. The van der Waals surface area contributed by atoms with E-state index in [1.54, 1.807) is 12.1 Å². The van der Waals surface area contributed by atoms with E-state index in [0.29, 0.717) is 16.1 Å². The van der Waals surface area contributed by atoms with Gasteiger partial charge in [-0.05, 0) is 43.4 Å². The van der Waals surface area contributed by atoms with Crippen LogP contribution in [0.15, 0.2) is 35.4 Å². The number of likely N-dealkylation sites (tertiary alicyclic amines) is 1. The monoisotopic (exact) mass is 399 g/mol. The summed E-state index contributed by atoms with van der Waals surface area (Å²) in [4.78, 5) is 33.6. The van der Waals surface area contributed by atoms with Crippen molar-refractivity contribution < 1.29 is 9.18 Å². The minimum Gasteiger partial charge on any atom is -0.341 e. The molecule has 7 heteroatoms. The predicted octanol–water partition coefficient (Wildman–Crippen LogP) is 3.83. The van der Waals surface area contributed by atoms with Crippen molar-refractivity contribution >= 4 is 27.5 Å². The van der Waals surface area contributed by atoms with E-state index >= 15 is 0 Å². The van der Waals surface area contributed by atoms with Crippen LogP contribution in [0.1, 0.15) is 24.6 Å². The van der Waals surface area contributed by atoms with E-state index in [9.17, 15) is 14.0 Å². The second-order valence-electron chi connectivity index (χ2n) is 7.46. The Hall–Kier alpha value is -2.54. The third kappa shape index (κ3) is 3.46. The highest BCUT2D eigenvalue weighted by Crippen LogP contribution is 2.35. The van der Waals surface area contributed by atoms with Crippen molar-refractivity contribution in [3.05, 3.63) is 51.6 Å². The Bertz CT molecular complexity index is 1080. The fourth-order valence-corrected chi connectivity index (χ4v) is 4.72. The van der Waals surface area contributed by atoms with Gasteiger partial charge in [-0.3, -0.25) is 14.2 Å². The maximum atomic E-state index is 13.3. The molecule has 0 N–H and O–H groups in total. The van der Waals surface area contributed by atoms with E-state index in [0.717, 1.165) is 41.9 Å².